The molecule has 1 atom stereocenters. The molecule has 4 nitrogen and oxygen atoms in total. The normalized spacial score (nSPS) is 12.2. The van der Waals surface area contributed by atoms with Crippen molar-refractivity contribution < 1.29 is 19.1 Å². The highest BCUT2D eigenvalue weighted by Crippen LogP contribution is 2.13. The minimum absolute atomic E-state index is 0.425. The molecule has 0 aliphatic rings. The van der Waals surface area contributed by atoms with E-state index in [1.807, 2.05) is 0 Å². The second kappa shape index (κ2) is 5.46. The first kappa shape index (κ1) is 10.8. The Bertz CT molecular complexity index is 168. The summed E-state index contributed by atoms with van der Waals surface area (Å²) in [6.45, 7) is 1.72. The van der Waals surface area contributed by atoms with Crippen molar-refractivity contribution in [3.63, 3.8) is 0 Å². The first-order valence-electron chi connectivity index (χ1n) is 3.69. The largest absolute Gasteiger partial charge is 0.469 e. The third kappa shape index (κ3) is 2.45. The van der Waals surface area contributed by atoms with Crippen molar-refractivity contribution in [2.75, 3.05) is 7.11 Å². The maximum Gasteiger partial charge on any atom is 0.309 e. The van der Waals surface area contributed by atoms with Gasteiger partial charge in [0.15, 0.2) is 0 Å². The monoisotopic (exact) mass is 172 g/mol. The highest BCUT2D eigenvalue weighted by atomic mass is 16.5. The predicted octanol–water partition coefficient (Wildman–Crippen LogP) is 0.200. The van der Waals surface area contributed by atoms with Crippen LogP contribution in [0.1, 0.15) is 13.3 Å². The molecule has 0 aliphatic carbocycles. The maximum atomic E-state index is 11.0. The summed E-state index contributed by atoms with van der Waals surface area (Å²) in [4.78, 5) is 31.6. The van der Waals surface area contributed by atoms with Gasteiger partial charge in [0.25, 0.3) is 0 Å². The molecule has 0 rings (SSSR count). The van der Waals surface area contributed by atoms with Crippen molar-refractivity contribution in [1.29, 1.82) is 0 Å². The number of hydrogen-bond acceptors (Lipinski definition) is 4. The number of hydrogen-bond donors (Lipinski definition) is 0. The zero-order chi connectivity index (χ0) is 9.56. The van der Waals surface area contributed by atoms with Crippen LogP contribution in [0.5, 0.6) is 0 Å². The van der Waals surface area contributed by atoms with Crippen LogP contribution in [0.25, 0.3) is 0 Å². The fourth-order valence-electron chi connectivity index (χ4n) is 0.969. The molecular weight excluding hydrogens is 160 g/mol. The molecular formula is C8H12O4. The summed E-state index contributed by atoms with van der Waals surface area (Å²) < 4.78 is 4.43. The molecule has 1 unspecified atom stereocenters. The number of ether oxygens (including phenoxy) is 1. The molecule has 0 aromatic carbocycles. The van der Waals surface area contributed by atoms with E-state index < -0.39 is 17.8 Å². The zero-order valence-electron chi connectivity index (χ0n) is 7.15. The Kier molecular flexibility index (Phi) is 4.92. The Morgan fingerprint density at radius 3 is 2.17 bits per heavy atom. The van der Waals surface area contributed by atoms with E-state index in [1.54, 1.807) is 6.92 Å². The molecule has 0 N–H and O–H groups in total. The molecule has 0 fully saturated rings. The van der Waals surface area contributed by atoms with Crippen molar-refractivity contribution in [3.05, 3.63) is 0 Å². The van der Waals surface area contributed by atoms with Crippen molar-refractivity contribution in [3.8, 4) is 0 Å². The lowest BCUT2D eigenvalue weighted by atomic mass is 9.92. The Hall–Kier alpha value is -1.19. The Morgan fingerprint density at radius 2 is 1.92 bits per heavy atom. The van der Waals surface area contributed by atoms with Crippen molar-refractivity contribution in [2.45, 2.75) is 13.3 Å². The van der Waals surface area contributed by atoms with Gasteiger partial charge in [0.1, 0.15) is 12.6 Å². The number of rotatable bonds is 5. The second-order valence-electron chi connectivity index (χ2n) is 2.39. The van der Waals surface area contributed by atoms with Gasteiger partial charge in [0, 0.05) is 0 Å². The molecule has 0 aromatic heterocycles. The van der Waals surface area contributed by atoms with Gasteiger partial charge in [-0.05, 0) is 6.42 Å². The summed E-state index contributed by atoms with van der Waals surface area (Å²) >= 11 is 0. The lowest BCUT2D eigenvalue weighted by molar-refractivity contribution is -0.149. The van der Waals surface area contributed by atoms with Crippen molar-refractivity contribution >= 4 is 18.5 Å². The van der Waals surface area contributed by atoms with Gasteiger partial charge in [-0.15, -0.1) is 0 Å². The van der Waals surface area contributed by atoms with Gasteiger partial charge >= 0.3 is 5.97 Å². The molecule has 0 saturated heterocycles. The molecule has 4 heteroatoms. The van der Waals surface area contributed by atoms with E-state index in [4.69, 9.17) is 0 Å². The number of methoxy groups -OCH3 is 1. The third-order valence-electron chi connectivity index (χ3n) is 1.72. The molecule has 12 heavy (non-hydrogen) atoms. The summed E-state index contributed by atoms with van der Waals surface area (Å²) in [7, 11) is 1.23. The average Bonchev–Trinajstić information content (AvgIpc) is 2.12. The van der Waals surface area contributed by atoms with Crippen molar-refractivity contribution in [1.82, 2.24) is 0 Å². The summed E-state index contributed by atoms with van der Waals surface area (Å²) in [6, 6.07) is 0. The molecule has 0 spiro atoms. The summed E-state index contributed by atoms with van der Waals surface area (Å²) in [5.41, 5.74) is 0. The Balaban J connectivity index is 4.39. The Morgan fingerprint density at radius 1 is 1.42 bits per heavy atom. The molecule has 0 saturated carbocycles. The minimum Gasteiger partial charge on any atom is -0.469 e. The number of carbonyl (C=O) groups is 3. The van der Waals surface area contributed by atoms with Crippen LogP contribution in [-0.4, -0.2) is 25.7 Å². The third-order valence-corrected chi connectivity index (χ3v) is 1.72. The van der Waals surface area contributed by atoms with E-state index in [2.05, 4.69) is 4.74 Å². The van der Waals surface area contributed by atoms with Crippen LogP contribution >= 0.6 is 0 Å². The quantitative estimate of drug-likeness (QED) is 0.337. The van der Waals surface area contributed by atoms with Gasteiger partial charge in [-0.3, -0.25) is 4.79 Å². The first-order valence-corrected chi connectivity index (χ1v) is 3.69. The molecule has 0 amide bonds. The molecule has 0 radical (unpaired) electrons. The minimum atomic E-state index is -0.873. The molecule has 0 aromatic rings. The van der Waals surface area contributed by atoms with Gasteiger partial charge in [0.05, 0.1) is 18.9 Å². The first-order chi connectivity index (χ1) is 5.71. The standard InChI is InChI=1S/C8H12O4/c1-3-7(8(11)12-2)6(4-9)5-10/h4-7H,3H2,1-2H3. The molecule has 68 valence electrons. The van der Waals surface area contributed by atoms with E-state index >= 15 is 0 Å². The fraction of sp³-hybridized carbons (Fsp3) is 0.625. The smallest absolute Gasteiger partial charge is 0.309 e. The van der Waals surface area contributed by atoms with E-state index in [9.17, 15) is 14.4 Å². The number of esters is 1. The predicted molar refractivity (Wildman–Crippen MR) is 41.4 cm³/mol. The van der Waals surface area contributed by atoms with Crippen LogP contribution in [-0.2, 0) is 19.1 Å². The number of aldehydes is 2. The molecule has 0 aliphatic heterocycles. The van der Waals surface area contributed by atoms with Crippen LogP contribution in [0.4, 0.5) is 0 Å². The molecule has 0 bridgehead atoms. The van der Waals surface area contributed by atoms with Crippen LogP contribution in [0.15, 0.2) is 0 Å². The lowest BCUT2D eigenvalue weighted by Gasteiger charge is -2.13. The van der Waals surface area contributed by atoms with Gasteiger partial charge in [-0.25, -0.2) is 0 Å². The van der Waals surface area contributed by atoms with Crippen LogP contribution in [0.2, 0.25) is 0 Å². The van der Waals surface area contributed by atoms with Gasteiger partial charge < -0.3 is 14.3 Å². The lowest BCUT2D eigenvalue weighted by Crippen LogP contribution is -2.26. The second-order valence-corrected chi connectivity index (χ2v) is 2.39. The summed E-state index contributed by atoms with van der Waals surface area (Å²) in [5, 5.41) is 0. The topological polar surface area (TPSA) is 60.4 Å². The van der Waals surface area contributed by atoms with Crippen LogP contribution in [0.3, 0.4) is 0 Å². The number of carbonyl (C=O) groups excluding carboxylic acids is 3. The molecule has 0 heterocycles. The van der Waals surface area contributed by atoms with Gasteiger partial charge in [-0.1, -0.05) is 6.92 Å². The maximum absolute atomic E-state index is 11.0. The van der Waals surface area contributed by atoms with E-state index in [0.29, 0.717) is 19.0 Å². The average molecular weight is 172 g/mol. The van der Waals surface area contributed by atoms with E-state index in [-0.39, 0.29) is 0 Å². The van der Waals surface area contributed by atoms with Crippen LogP contribution < -0.4 is 0 Å². The van der Waals surface area contributed by atoms with Crippen molar-refractivity contribution in [2.24, 2.45) is 11.8 Å². The van der Waals surface area contributed by atoms with Crippen LogP contribution in [0, 0.1) is 11.8 Å². The zero-order valence-corrected chi connectivity index (χ0v) is 7.15. The highest BCUT2D eigenvalue weighted by Gasteiger charge is 2.26. The van der Waals surface area contributed by atoms with E-state index in [0.717, 1.165) is 0 Å². The summed E-state index contributed by atoms with van der Waals surface area (Å²) in [6.07, 6.45) is 1.37. The highest BCUT2D eigenvalue weighted by molar-refractivity contribution is 5.86. The fourth-order valence-corrected chi connectivity index (χ4v) is 0.969. The SMILES string of the molecule is CCC(C(=O)OC)C(C=O)C=O. The Labute approximate surface area is 70.9 Å². The van der Waals surface area contributed by atoms with Gasteiger partial charge in [0.2, 0.25) is 0 Å². The summed E-state index contributed by atoms with van der Waals surface area (Å²) in [5.74, 6) is -2.02. The van der Waals surface area contributed by atoms with E-state index in [1.165, 1.54) is 7.11 Å². The van der Waals surface area contributed by atoms with Gasteiger partial charge in [-0.2, -0.15) is 0 Å².